The highest BCUT2D eigenvalue weighted by molar-refractivity contribution is 8.18. The van der Waals surface area contributed by atoms with E-state index in [1.165, 1.54) is 11.8 Å². The fourth-order valence-electron chi connectivity index (χ4n) is 3.86. The molecular formula is C25H28N2O3S. The molecule has 0 aromatic heterocycles. The topological polar surface area (TPSA) is 62.1 Å². The van der Waals surface area contributed by atoms with Gasteiger partial charge in [0.1, 0.15) is 5.75 Å². The van der Waals surface area contributed by atoms with Crippen LogP contribution in [0.4, 0.5) is 0 Å². The first-order chi connectivity index (χ1) is 14.9. The first-order valence-corrected chi connectivity index (χ1v) is 11.5. The molecule has 1 fully saturated rings. The number of rotatable bonds is 4. The molecule has 2 heterocycles. The number of benzene rings is 2. The van der Waals surface area contributed by atoms with Crippen molar-refractivity contribution in [2.75, 3.05) is 26.3 Å². The molecule has 0 bridgehead atoms. The maximum atomic E-state index is 13.0. The Hall–Kier alpha value is -2.57. The van der Waals surface area contributed by atoms with Gasteiger partial charge in [0, 0.05) is 13.1 Å². The van der Waals surface area contributed by atoms with Crippen molar-refractivity contribution in [1.29, 1.82) is 0 Å². The summed E-state index contributed by atoms with van der Waals surface area (Å²) in [6, 6.07) is 15.5. The lowest BCUT2D eigenvalue weighted by molar-refractivity contribution is -0.113. The number of hydrogen-bond acceptors (Lipinski definition) is 5. The number of morpholine rings is 1. The van der Waals surface area contributed by atoms with E-state index in [1.807, 2.05) is 18.2 Å². The molecule has 5 nitrogen and oxygen atoms in total. The standard InChI is InChI=1S/C25H28N2O3S/c1-4-25(2,3)21(22-23(29)26-24(31-22)27-12-14-30-15-13-27)19-7-5-6-18(16-19)17-8-10-20(28)11-9-17/h5-11,16,28H,4,12-15H2,1-3H3/b22-21+. The number of phenolic OH excluding ortho intramolecular Hbond substituents is 1. The second-order valence-corrected chi connectivity index (χ2v) is 9.45. The molecule has 2 aliphatic rings. The van der Waals surface area contributed by atoms with E-state index in [4.69, 9.17) is 4.74 Å². The summed E-state index contributed by atoms with van der Waals surface area (Å²) >= 11 is 1.49. The molecular weight excluding hydrogens is 408 g/mol. The lowest BCUT2D eigenvalue weighted by Gasteiger charge is -2.30. The molecule has 4 rings (SSSR count). The van der Waals surface area contributed by atoms with Crippen LogP contribution in [0.1, 0.15) is 32.8 Å². The van der Waals surface area contributed by atoms with E-state index in [1.54, 1.807) is 12.1 Å². The smallest absolute Gasteiger partial charge is 0.286 e. The number of thioether (sulfide) groups is 1. The molecule has 0 saturated carbocycles. The Kier molecular flexibility index (Phi) is 6.21. The van der Waals surface area contributed by atoms with Crippen LogP contribution in [-0.4, -0.2) is 47.4 Å². The number of aromatic hydroxyl groups is 1. The van der Waals surface area contributed by atoms with E-state index in [0.29, 0.717) is 13.2 Å². The van der Waals surface area contributed by atoms with Crippen LogP contribution in [-0.2, 0) is 9.53 Å². The minimum atomic E-state index is -0.193. The van der Waals surface area contributed by atoms with Gasteiger partial charge in [-0.15, -0.1) is 0 Å². The van der Waals surface area contributed by atoms with E-state index >= 15 is 0 Å². The number of carbonyl (C=O) groups is 1. The van der Waals surface area contributed by atoms with E-state index in [0.717, 1.165) is 51.8 Å². The second-order valence-electron chi connectivity index (χ2n) is 8.47. The molecule has 0 atom stereocenters. The van der Waals surface area contributed by atoms with Crippen LogP contribution in [0, 0.1) is 5.41 Å². The van der Waals surface area contributed by atoms with Gasteiger partial charge >= 0.3 is 0 Å². The number of allylic oxidation sites excluding steroid dienone is 1. The van der Waals surface area contributed by atoms with Gasteiger partial charge in [0.15, 0.2) is 5.17 Å². The summed E-state index contributed by atoms with van der Waals surface area (Å²) in [5.41, 5.74) is 3.95. The van der Waals surface area contributed by atoms with Gasteiger partial charge in [0.25, 0.3) is 5.91 Å². The highest BCUT2D eigenvalue weighted by Gasteiger charge is 2.35. The van der Waals surface area contributed by atoms with Gasteiger partial charge in [-0.05, 0) is 64.1 Å². The highest BCUT2D eigenvalue weighted by Crippen LogP contribution is 2.46. The predicted molar refractivity (Wildman–Crippen MR) is 127 cm³/mol. The molecule has 162 valence electrons. The zero-order valence-electron chi connectivity index (χ0n) is 18.2. The average molecular weight is 437 g/mol. The van der Waals surface area contributed by atoms with Crippen molar-refractivity contribution in [1.82, 2.24) is 4.90 Å². The fourth-order valence-corrected chi connectivity index (χ4v) is 5.11. The van der Waals surface area contributed by atoms with E-state index in [9.17, 15) is 9.90 Å². The quantitative estimate of drug-likeness (QED) is 0.670. The third-order valence-electron chi connectivity index (χ3n) is 6.01. The maximum Gasteiger partial charge on any atom is 0.286 e. The highest BCUT2D eigenvalue weighted by atomic mass is 32.2. The predicted octanol–water partition coefficient (Wildman–Crippen LogP) is 5.17. The molecule has 1 N–H and O–H groups in total. The summed E-state index contributed by atoms with van der Waals surface area (Å²) in [6.45, 7) is 9.36. The molecule has 0 spiro atoms. The van der Waals surface area contributed by atoms with Crippen molar-refractivity contribution in [3.63, 3.8) is 0 Å². The van der Waals surface area contributed by atoms with E-state index in [2.05, 4.69) is 48.9 Å². The monoisotopic (exact) mass is 436 g/mol. The summed E-state index contributed by atoms with van der Waals surface area (Å²) < 4.78 is 5.45. The van der Waals surface area contributed by atoms with Crippen LogP contribution >= 0.6 is 11.8 Å². The number of amidine groups is 1. The largest absolute Gasteiger partial charge is 0.508 e. The second kappa shape index (κ2) is 8.89. The summed E-state index contributed by atoms with van der Waals surface area (Å²) in [7, 11) is 0. The molecule has 0 unspecified atom stereocenters. The van der Waals surface area contributed by atoms with Crippen molar-refractivity contribution < 1.29 is 14.6 Å². The minimum absolute atomic E-state index is 0.155. The summed E-state index contributed by atoms with van der Waals surface area (Å²) in [5, 5.41) is 10.4. The van der Waals surface area contributed by atoms with Crippen LogP contribution in [0.2, 0.25) is 0 Å². The SMILES string of the molecule is CCC(C)(C)/C(=C1/SC(N2CCOCC2)=NC1=O)c1cccc(-c2ccc(O)cc2)c1. The van der Waals surface area contributed by atoms with Crippen molar-refractivity contribution in [3.8, 4) is 16.9 Å². The summed E-state index contributed by atoms with van der Waals surface area (Å²) in [4.78, 5) is 20.3. The lowest BCUT2D eigenvalue weighted by atomic mass is 9.77. The first kappa shape index (κ1) is 21.7. The normalized spacial score (nSPS) is 18.9. The zero-order chi connectivity index (χ0) is 22.0. The molecule has 2 aromatic rings. The number of nitrogens with zero attached hydrogens (tertiary/aromatic N) is 2. The molecule has 31 heavy (non-hydrogen) atoms. The summed E-state index contributed by atoms with van der Waals surface area (Å²) in [6.07, 6.45) is 0.899. The van der Waals surface area contributed by atoms with Gasteiger partial charge in [-0.25, -0.2) is 0 Å². The van der Waals surface area contributed by atoms with Crippen LogP contribution in [0.5, 0.6) is 5.75 Å². The molecule has 6 heteroatoms. The van der Waals surface area contributed by atoms with Crippen LogP contribution < -0.4 is 0 Å². The van der Waals surface area contributed by atoms with Crippen molar-refractivity contribution in [2.45, 2.75) is 27.2 Å². The molecule has 2 aromatic carbocycles. The third-order valence-corrected chi connectivity index (χ3v) is 7.12. The number of amides is 1. The Balaban J connectivity index is 1.76. The van der Waals surface area contributed by atoms with Crippen molar-refractivity contribution in [2.24, 2.45) is 10.4 Å². The van der Waals surface area contributed by atoms with Gasteiger partial charge in [-0.3, -0.25) is 4.79 Å². The number of phenols is 1. The Morgan fingerprint density at radius 2 is 1.84 bits per heavy atom. The molecule has 1 saturated heterocycles. The number of hydrogen-bond donors (Lipinski definition) is 1. The van der Waals surface area contributed by atoms with Gasteiger partial charge in [-0.2, -0.15) is 4.99 Å². The van der Waals surface area contributed by atoms with Crippen LogP contribution in [0.25, 0.3) is 16.7 Å². The average Bonchev–Trinajstić information content (AvgIpc) is 3.16. The number of carbonyl (C=O) groups excluding carboxylic acids is 1. The molecule has 1 amide bonds. The summed E-state index contributed by atoms with van der Waals surface area (Å²) in [5.74, 6) is 0.0913. The van der Waals surface area contributed by atoms with Crippen molar-refractivity contribution >= 4 is 28.4 Å². The Morgan fingerprint density at radius 1 is 1.13 bits per heavy atom. The first-order valence-electron chi connectivity index (χ1n) is 10.7. The molecule has 2 aliphatic heterocycles. The van der Waals surface area contributed by atoms with Crippen LogP contribution in [0.3, 0.4) is 0 Å². The van der Waals surface area contributed by atoms with Gasteiger partial charge in [-0.1, -0.05) is 51.1 Å². The van der Waals surface area contributed by atoms with Gasteiger partial charge in [0.2, 0.25) is 0 Å². The Morgan fingerprint density at radius 3 is 2.52 bits per heavy atom. The van der Waals surface area contributed by atoms with Crippen molar-refractivity contribution in [3.05, 3.63) is 59.0 Å². The van der Waals surface area contributed by atoms with Crippen LogP contribution in [0.15, 0.2) is 58.4 Å². The Labute approximate surface area is 187 Å². The van der Waals surface area contributed by atoms with Gasteiger partial charge < -0.3 is 14.7 Å². The lowest BCUT2D eigenvalue weighted by Crippen LogP contribution is -2.38. The minimum Gasteiger partial charge on any atom is -0.508 e. The number of ether oxygens (including phenoxy) is 1. The zero-order valence-corrected chi connectivity index (χ0v) is 19.0. The van der Waals surface area contributed by atoms with E-state index < -0.39 is 0 Å². The number of aliphatic imine (C=N–C) groups is 1. The van der Waals surface area contributed by atoms with E-state index in [-0.39, 0.29) is 17.1 Å². The Bertz CT molecular complexity index is 1030. The third kappa shape index (κ3) is 4.55. The van der Waals surface area contributed by atoms with Gasteiger partial charge in [0.05, 0.1) is 18.1 Å². The fraction of sp³-hybridized carbons (Fsp3) is 0.360. The maximum absolute atomic E-state index is 13.0. The molecule has 0 aliphatic carbocycles. The molecule has 0 radical (unpaired) electrons.